The summed E-state index contributed by atoms with van der Waals surface area (Å²) in [7, 11) is 1.59. The van der Waals surface area contributed by atoms with Crippen molar-refractivity contribution in [1.82, 2.24) is 20.9 Å². The third kappa shape index (κ3) is 5.46. The predicted molar refractivity (Wildman–Crippen MR) is 106 cm³/mol. The number of nitrogens with one attached hydrogen (secondary N) is 3. The van der Waals surface area contributed by atoms with E-state index in [0.717, 1.165) is 16.2 Å². The lowest BCUT2D eigenvalue weighted by Crippen LogP contribution is -2.49. The molecule has 1 aromatic rings. The van der Waals surface area contributed by atoms with E-state index in [2.05, 4.69) is 16.0 Å². The van der Waals surface area contributed by atoms with Crippen LogP contribution in [0, 0.1) is 0 Å². The van der Waals surface area contributed by atoms with Crippen molar-refractivity contribution < 1.29 is 23.9 Å². The molecule has 1 aliphatic rings. The summed E-state index contributed by atoms with van der Waals surface area (Å²) in [4.78, 5) is 49.8. The zero-order valence-corrected chi connectivity index (χ0v) is 17.2. The maximum Gasteiger partial charge on any atom is 0.325 e. The monoisotopic (exact) mass is 404 g/mol. The van der Waals surface area contributed by atoms with Crippen LogP contribution in [-0.4, -0.2) is 60.4 Å². The van der Waals surface area contributed by atoms with E-state index in [9.17, 15) is 19.2 Å². The van der Waals surface area contributed by atoms with Crippen LogP contribution < -0.4 is 20.7 Å². The first-order chi connectivity index (χ1) is 13.7. The van der Waals surface area contributed by atoms with Crippen molar-refractivity contribution in [2.24, 2.45) is 0 Å². The van der Waals surface area contributed by atoms with Crippen LogP contribution in [0.3, 0.4) is 0 Å². The van der Waals surface area contributed by atoms with Crippen molar-refractivity contribution in [3.8, 4) is 5.75 Å². The Kier molecular flexibility index (Phi) is 7.19. The zero-order chi connectivity index (χ0) is 21.6. The molecule has 1 aliphatic heterocycles. The Hall–Kier alpha value is -3.10. The maximum absolute atomic E-state index is 12.8. The van der Waals surface area contributed by atoms with Gasteiger partial charge in [0.15, 0.2) is 0 Å². The second-order valence-corrected chi connectivity index (χ2v) is 7.19. The van der Waals surface area contributed by atoms with Crippen LogP contribution >= 0.6 is 0 Å². The topological polar surface area (TPSA) is 117 Å². The highest BCUT2D eigenvalue weighted by molar-refractivity contribution is 6.09. The average molecular weight is 404 g/mol. The van der Waals surface area contributed by atoms with Crippen molar-refractivity contribution in [2.45, 2.75) is 45.2 Å². The van der Waals surface area contributed by atoms with E-state index in [-0.39, 0.29) is 5.91 Å². The second-order valence-electron chi connectivity index (χ2n) is 7.19. The highest BCUT2D eigenvalue weighted by Gasteiger charge is 2.47. The molecule has 1 aromatic carbocycles. The van der Waals surface area contributed by atoms with Crippen LogP contribution in [0.2, 0.25) is 0 Å². The minimum Gasteiger partial charge on any atom is -0.497 e. The number of likely N-dealkylation sites (N-methyl/N-ethyl adjacent to an activating group) is 1. The molecule has 2 atom stereocenters. The lowest BCUT2D eigenvalue weighted by molar-refractivity contribution is -0.135. The summed E-state index contributed by atoms with van der Waals surface area (Å²) >= 11 is 0. The summed E-state index contributed by atoms with van der Waals surface area (Å²) in [5.41, 5.74) is -0.0938. The van der Waals surface area contributed by atoms with E-state index in [4.69, 9.17) is 4.74 Å². The van der Waals surface area contributed by atoms with Gasteiger partial charge in [-0.3, -0.25) is 19.3 Å². The van der Waals surface area contributed by atoms with Gasteiger partial charge in [0.05, 0.1) is 7.11 Å². The Balaban J connectivity index is 1.94. The number of amides is 5. The van der Waals surface area contributed by atoms with E-state index in [1.807, 2.05) is 24.3 Å². The lowest BCUT2D eigenvalue weighted by Gasteiger charge is -2.22. The number of rotatable bonds is 9. The quantitative estimate of drug-likeness (QED) is 0.521. The summed E-state index contributed by atoms with van der Waals surface area (Å²) in [6, 6.07) is 6.09. The lowest BCUT2D eigenvalue weighted by atomic mass is 9.93. The Bertz CT molecular complexity index is 780. The predicted octanol–water partition coefficient (Wildman–Crippen LogP) is 0.579. The third-order valence-electron chi connectivity index (χ3n) is 4.84. The summed E-state index contributed by atoms with van der Waals surface area (Å²) in [5, 5.41) is 7.76. The normalized spacial score (nSPS) is 19.5. The smallest absolute Gasteiger partial charge is 0.325 e. The van der Waals surface area contributed by atoms with Gasteiger partial charge in [-0.25, -0.2) is 4.79 Å². The van der Waals surface area contributed by atoms with Crippen LogP contribution in [0.25, 0.3) is 0 Å². The third-order valence-corrected chi connectivity index (χ3v) is 4.84. The molecular formula is C20H28N4O5. The number of imide groups is 1. The molecule has 5 amide bonds. The highest BCUT2D eigenvalue weighted by Crippen LogP contribution is 2.24. The highest BCUT2D eigenvalue weighted by atomic mass is 16.5. The minimum absolute atomic E-state index is 0.331. The summed E-state index contributed by atoms with van der Waals surface area (Å²) in [5.74, 6) is -0.630. The van der Waals surface area contributed by atoms with Crippen LogP contribution in [0.4, 0.5) is 4.79 Å². The fourth-order valence-electron chi connectivity index (χ4n) is 3.07. The first-order valence-electron chi connectivity index (χ1n) is 9.54. The molecule has 0 unspecified atom stereocenters. The second kappa shape index (κ2) is 9.40. The van der Waals surface area contributed by atoms with E-state index in [0.29, 0.717) is 19.4 Å². The number of urea groups is 1. The maximum atomic E-state index is 12.8. The van der Waals surface area contributed by atoms with Gasteiger partial charge in [-0.05, 0) is 51.3 Å². The summed E-state index contributed by atoms with van der Waals surface area (Å²) < 4.78 is 5.12. The molecule has 9 nitrogen and oxygen atoms in total. The average Bonchev–Trinajstić information content (AvgIpc) is 2.90. The number of benzene rings is 1. The van der Waals surface area contributed by atoms with Gasteiger partial charge < -0.3 is 20.7 Å². The zero-order valence-electron chi connectivity index (χ0n) is 17.2. The molecule has 3 N–H and O–H groups in total. The Morgan fingerprint density at radius 1 is 1.24 bits per heavy atom. The molecule has 158 valence electrons. The van der Waals surface area contributed by atoms with Gasteiger partial charge >= 0.3 is 6.03 Å². The molecule has 1 saturated heterocycles. The number of aryl methyl sites for hydroxylation is 1. The number of carbonyl (C=O) groups excluding carboxylic acids is 4. The Morgan fingerprint density at radius 2 is 1.90 bits per heavy atom. The molecule has 0 aliphatic carbocycles. The molecular weight excluding hydrogens is 376 g/mol. The molecule has 1 heterocycles. The number of hydrogen-bond acceptors (Lipinski definition) is 5. The van der Waals surface area contributed by atoms with Crippen LogP contribution in [0.1, 0.15) is 32.8 Å². The van der Waals surface area contributed by atoms with E-state index in [1.54, 1.807) is 21.0 Å². The molecule has 29 heavy (non-hydrogen) atoms. The number of carbonyl (C=O) groups is 4. The summed E-state index contributed by atoms with van der Waals surface area (Å²) in [6.07, 6.45) is 0.956. The van der Waals surface area contributed by atoms with Gasteiger partial charge in [0, 0.05) is 6.54 Å². The van der Waals surface area contributed by atoms with E-state index in [1.165, 1.54) is 6.92 Å². The van der Waals surface area contributed by atoms with Crippen LogP contribution in [-0.2, 0) is 20.8 Å². The minimum atomic E-state index is -1.09. The molecule has 2 rings (SSSR count). The van der Waals surface area contributed by atoms with Gasteiger partial charge in [-0.1, -0.05) is 12.1 Å². The molecule has 0 spiro atoms. The Labute approximate surface area is 170 Å². The number of hydrogen-bond donors (Lipinski definition) is 3. The van der Waals surface area contributed by atoms with Gasteiger partial charge in [-0.2, -0.15) is 0 Å². The van der Waals surface area contributed by atoms with Gasteiger partial charge in [0.2, 0.25) is 11.8 Å². The SMILES string of the molecule is CCNC(=O)[C@@H](C)NC(=O)CN1C(=O)N[C@](C)(CCc2ccc(OC)cc2)C1=O. The van der Waals surface area contributed by atoms with Gasteiger partial charge in [-0.15, -0.1) is 0 Å². The number of ether oxygens (including phenoxy) is 1. The van der Waals surface area contributed by atoms with Gasteiger partial charge in [0.25, 0.3) is 5.91 Å². The van der Waals surface area contributed by atoms with Crippen LogP contribution in [0.15, 0.2) is 24.3 Å². The van der Waals surface area contributed by atoms with E-state index >= 15 is 0 Å². The molecule has 0 radical (unpaired) electrons. The number of methoxy groups -OCH3 is 1. The fraction of sp³-hybridized carbons (Fsp3) is 0.500. The number of nitrogens with zero attached hydrogens (tertiary/aromatic N) is 1. The summed E-state index contributed by atoms with van der Waals surface area (Å²) in [6.45, 7) is 4.96. The van der Waals surface area contributed by atoms with Crippen molar-refractivity contribution in [3.05, 3.63) is 29.8 Å². The van der Waals surface area contributed by atoms with Crippen LogP contribution in [0.5, 0.6) is 5.75 Å². The Morgan fingerprint density at radius 3 is 2.48 bits per heavy atom. The largest absolute Gasteiger partial charge is 0.497 e. The molecule has 0 bridgehead atoms. The first-order valence-corrected chi connectivity index (χ1v) is 9.54. The molecule has 0 saturated carbocycles. The molecule has 1 fully saturated rings. The standard InChI is InChI=1S/C20H28N4O5/c1-5-21-17(26)13(2)22-16(25)12-24-18(27)20(3,23-19(24)28)11-10-14-6-8-15(29-4)9-7-14/h6-9,13H,5,10-12H2,1-4H3,(H,21,26)(H,22,25)(H,23,28)/t13-,20-/m1/s1. The van der Waals surface area contributed by atoms with Crippen molar-refractivity contribution in [1.29, 1.82) is 0 Å². The first kappa shape index (κ1) is 22.2. The van der Waals surface area contributed by atoms with Crippen molar-refractivity contribution >= 4 is 23.8 Å². The molecule has 0 aromatic heterocycles. The fourth-order valence-corrected chi connectivity index (χ4v) is 3.07. The van der Waals surface area contributed by atoms with Crippen molar-refractivity contribution in [2.75, 3.05) is 20.2 Å². The van der Waals surface area contributed by atoms with Gasteiger partial charge in [0.1, 0.15) is 23.9 Å². The van der Waals surface area contributed by atoms with E-state index < -0.39 is 36.0 Å². The van der Waals surface area contributed by atoms with Crippen molar-refractivity contribution in [3.63, 3.8) is 0 Å². The molecule has 9 heteroatoms.